The summed E-state index contributed by atoms with van der Waals surface area (Å²) in [6.07, 6.45) is 0.938. The molecule has 0 aromatic heterocycles. The van der Waals surface area contributed by atoms with Gasteiger partial charge in [0.05, 0.1) is 13.2 Å². The van der Waals surface area contributed by atoms with Crippen LogP contribution in [-0.4, -0.2) is 58.3 Å². The Morgan fingerprint density at radius 2 is 1.92 bits per heavy atom. The van der Waals surface area contributed by atoms with Gasteiger partial charge in [0, 0.05) is 48.5 Å². The molecule has 0 saturated carbocycles. The molecule has 2 N–H and O–H groups in total. The molecule has 0 aliphatic carbocycles. The van der Waals surface area contributed by atoms with E-state index >= 15 is 0 Å². The third-order valence-electron chi connectivity index (χ3n) is 3.12. The summed E-state index contributed by atoms with van der Waals surface area (Å²) in [6, 6.07) is 8.39. The molecule has 0 radical (unpaired) electrons. The number of nitrogens with zero attached hydrogens (tertiary/aromatic N) is 1. The largest absolute Gasteiger partial charge is 0.382 e. The minimum atomic E-state index is 0. The van der Waals surface area contributed by atoms with Crippen molar-refractivity contribution in [3.8, 4) is 0 Å². The number of aliphatic imine (C=N–C) groups is 1. The Bertz CT molecular complexity index is 477. The van der Waals surface area contributed by atoms with Crippen LogP contribution in [0.2, 0.25) is 0 Å². The van der Waals surface area contributed by atoms with Gasteiger partial charge in [-0.05, 0) is 30.7 Å². The van der Waals surface area contributed by atoms with E-state index in [-0.39, 0.29) is 24.0 Å². The SMILES string of the molecule is CN=C(NCCCOCCOC)NCC(C)Sc1ccc(Br)cc1.I. The number of nitrogens with one attached hydrogen (secondary N) is 2. The van der Waals surface area contributed by atoms with E-state index in [2.05, 4.69) is 62.7 Å². The van der Waals surface area contributed by atoms with Gasteiger partial charge in [-0.3, -0.25) is 4.99 Å². The number of hydrogen-bond acceptors (Lipinski definition) is 4. The fraction of sp³-hybridized carbons (Fsp3) is 0.588. The second-order valence-electron chi connectivity index (χ2n) is 5.22. The van der Waals surface area contributed by atoms with Crippen molar-refractivity contribution in [3.05, 3.63) is 28.7 Å². The number of halogens is 2. The van der Waals surface area contributed by atoms with Gasteiger partial charge in [0.1, 0.15) is 0 Å². The first-order chi connectivity index (χ1) is 11.7. The van der Waals surface area contributed by atoms with E-state index in [1.807, 2.05) is 11.8 Å². The predicted octanol–water partition coefficient (Wildman–Crippen LogP) is 3.77. The lowest BCUT2D eigenvalue weighted by molar-refractivity contribution is 0.0698. The third-order valence-corrected chi connectivity index (χ3v) is 4.76. The van der Waals surface area contributed by atoms with Gasteiger partial charge >= 0.3 is 0 Å². The average molecular weight is 546 g/mol. The van der Waals surface area contributed by atoms with Crippen LogP contribution in [-0.2, 0) is 9.47 Å². The lowest BCUT2D eigenvalue weighted by atomic mass is 10.4. The number of thioether (sulfide) groups is 1. The Hall–Kier alpha value is -0.0300. The lowest BCUT2D eigenvalue weighted by Gasteiger charge is -2.16. The third kappa shape index (κ3) is 12.9. The van der Waals surface area contributed by atoms with Crippen LogP contribution in [0.3, 0.4) is 0 Å². The van der Waals surface area contributed by atoms with Crippen molar-refractivity contribution in [3.63, 3.8) is 0 Å². The van der Waals surface area contributed by atoms with E-state index in [1.165, 1.54) is 4.90 Å². The molecule has 0 bridgehead atoms. The van der Waals surface area contributed by atoms with Crippen molar-refractivity contribution in [2.45, 2.75) is 23.5 Å². The van der Waals surface area contributed by atoms with Crippen LogP contribution in [0.5, 0.6) is 0 Å². The first-order valence-electron chi connectivity index (χ1n) is 8.09. The minimum Gasteiger partial charge on any atom is -0.382 e. The highest BCUT2D eigenvalue weighted by Gasteiger charge is 2.06. The Morgan fingerprint density at radius 1 is 1.20 bits per heavy atom. The number of rotatable bonds is 11. The molecule has 0 amide bonds. The summed E-state index contributed by atoms with van der Waals surface area (Å²) >= 11 is 5.30. The number of methoxy groups -OCH3 is 1. The van der Waals surface area contributed by atoms with E-state index in [0.717, 1.165) is 36.5 Å². The molecule has 1 aromatic carbocycles. The second kappa shape index (κ2) is 16.2. The first kappa shape index (κ1) is 25.0. The first-order valence-corrected chi connectivity index (χ1v) is 9.76. The summed E-state index contributed by atoms with van der Waals surface area (Å²) in [6.45, 7) is 5.91. The van der Waals surface area contributed by atoms with Crippen LogP contribution in [0.4, 0.5) is 0 Å². The summed E-state index contributed by atoms with van der Waals surface area (Å²) in [5, 5.41) is 7.11. The second-order valence-corrected chi connectivity index (χ2v) is 7.65. The van der Waals surface area contributed by atoms with Crippen molar-refractivity contribution in [2.24, 2.45) is 4.99 Å². The molecule has 0 saturated heterocycles. The lowest BCUT2D eigenvalue weighted by Crippen LogP contribution is -2.40. The Kier molecular flexibility index (Phi) is 16.1. The molecule has 0 spiro atoms. The Balaban J connectivity index is 0.00000576. The van der Waals surface area contributed by atoms with E-state index in [1.54, 1.807) is 14.2 Å². The Morgan fingerprint density at radius 3 is 2.56 bits per heavy atom. The number of guanidine groups is 1. The molecular weight excluding hydrogens is 517 g/mol. The molecule has 0 aliphatic heterocycles. The average Bonchev–Trinajstić information content (AvgIpc) is 2.58. The number of benzene rings is 1. The summed E-state index contributed by atoms with van der Waals surface area (Å²) in [5.41, 5.74) is 0. The highest BCUT2D eigenvalue weighted by atomic mass is 127. The smallest absolute Gasteiger partial charge is 0.191 e. The van der Waals surface area contributed by atoms with E-state index < -0.39 is 0 Å². The highest BCUT2D eigenvalue weighted by molar-refractivity contribution is 14.0. The van der Waals surface area contributed by atoms with Crippen molar-refractivity contribution >= 4 is 57.6 Å². The van der Waals surface area contributed by atoms with Crippen molar-refractivity contribution in [1.82, 2.24) is 10.6 Å². The van der Waals surface area contributed by atoms with Crippen LogP contribution in [0.1, 0.15) is 13.3 Å². The summed E-state index contributed by atoms with van der Waals surface area (Å²) in [4.78, 5) is 5.51. The van der Waals surface area contributed by atoms with Gasteiger partial charge in [-0.2, -0.15) is 0 Å². The minimum absolute atomic E-state index is 0. The zero-order valence-electron chi connectivity index (χ0n) is 15.1. The van der Waals surface area contributed by atoms with Gasteiger partial charge in [-0.15, -0.1) is 35.7 Å². The molecule has 1 rings (SSSR count). The van der Waals surface area contributed by atoms with Gasteiger partial charge in [0.2, 0.25) is 0 Å². The maximum atomic E-state index is 5.43. The maximum Gasteiger partial charge on any atom is 0.191 e. The molecule has 0 heterocycles. The monoisotopic (exact) mass is 545 g/mol. The van der Waals surface area contributed by atoms with E-state index in [4.69, 9.17) is 9.47 Å². The molecule has 8 heteroatoms. The van der Waals surface area contributed by atoms with Crippen molar-refractivity contribution in [2.75, 3.05) is 47.1 Å². The van der Waals surface area contributed by atoms with Crippen LogP contribution >= 0.6 is 51.7 Å². The molecule has 1 aromatic rings. The fourth-order valence-electron chi connectivity index (χ4n) is 1.87. The summed E-state index contributed by atoms with van der Waals surface area (Å²) in [7, 11) is 3.47. The molecule has 1 unspecified atom stereocenters. The molecule has 0 fully saturated rings. The van der Waals surface area contributed by atoms with E-state index in [0.29, 0.717) is 18.5 Å². The van der Waals surface area contributed by atoms with Gasteiger partial charge in [-0.1, -0.05) is 22.9 Å². The molecule has 144 valence electrons. The van der Waals surface area contributed by atoms with Gasteiger partial charge in [-0.25, -0.2) is 0 Å². The van der Waals surface area contributed by atoms with E-state index in [9.17, 15) is 0 Å². The molecule has 0 aliphatic rings. The Labute approximate surface area is 181 Å². The predicted molar refractivity (Wildman–Crippen MR) is 122 cm³/mol. The van der Waals surface area contributed by atoms with Gasteiger partial charge in [0.25, 0.3) is 0 Å². The fourth-order valence-corrected chi connectivity index (χ4v) is 3.06. The quantitative estimate of drug-likeness (QED) is 0.146. The van der Waals surface area contributed by atoms with Crippen molar-refractivity contribution in [1.29, 1.82) is 0 Å². The molecular formula is C17H29BrIN3O2S. The zero-order valence-corrected chi connectivity index (χ0v) is 19.8. The normalized spacial score (nSPS) is 12.4. The summed E-state index contributed by atoms with van der Waals surface area (Å²) in [5.74, 6) is 0.829. The van der Waals surface area contributed by atoms with Crippen LogP contribution in [0, 0.1) is 0 Å². The number of ether oxygens (including phenoxy) is 2. The van der Waals surface area contributed by atoms with Crippen LogP contribution in [0.25, 0.3) is 0 Å². The molecule has 5 nitrogen and oxygen atoms in total. The zero-order chi connectivity index (χ0) is 17.6. The van der Waals surface area contributed by atoms with Gasteiger partial charge in [0.15, 0.2) is 5.96 Å². The van der Waals surface area contributed by atoms with Crippen LogP contribution < -0.4 is 10.6 Å². The highest BCUT2D eigenvalue weighted by Crippen LogP contribution is 2.24. The summed E-state index contributed by atoms with van der Waals surface area (Å²) < 4.78 is 11.5. The number of hydrogen-bond donors (Lipinski definition) is 2. The van der Waals surface area contributed by atoms with Crippen LogP contribution in [0.15, 0.2) is 38.6 Å². The maximum absolute atomic E-state index is 5.43. The topological polar surface area (TPSA) is 54.9 Å². The molecule has 1 atom stereocenters. The molecule has 25 heavy (non-hydrogen) atoms. The van der Waals surface area contributed by atoms with Crippen molar-refractivity contribution < 1.29 is 9.47 Å². The standard InChI is InChI=1S/C17H28BrN3O2S.HI/c1-14(24-16-7-5-15(18)6-8-16)13-21-17(19-2)20-9-4-10-23-12-11-22-3;/h5-8,14H,4,9-13H2,1-3H3,(H2,19,20,21);1H. The van der Waals surface area contributed by atoms with Gasteiger partial charge < -0.3 is 20.1 Å².